The van der Waals surface area contributed by atoms with E-state index in [2.05, 4.69) is 10.3 Å². The first-order valence-corrected chi connectivity index (χ1v) is 9.34. The molecule has 126 valence electrons. The summed E-state index contributed by atoms with van der Waals surface area (Å²) < 4.78 is 5.95. The summed E-state index contributed by atoms with van der Waals surface area (Å²) in [7, 11) is 1.83. The molecule has 0 saturated heterocycles. The normalized spacial score (nSPS) is 23.5. The van der Waals surface area contributed by atoms with E-state index in [0.717, 1.165) is 31.2 Å². The van der Waals surface area contributed by atoms with Gasteiger partial charge in [-0.05, 0) is 42.3 Å². The van der Waals surface area contributed by atoms with Gasteiger partial charge in [0, 0.05) is 19.4 Å². The van der Waals surface area contributed by atoms with Crippen LogP contribution in [0.5, 0.6) is 0 Å². The molecule has 0 spiro atoms. The van der Waals surface area contributed by atoms with Crippen LogP contribution in [-0.2, 0) is 10.2 Å². The molecule has 0 radical (unpaired) electrons. The van der Waals surface area contributed by atoms with Gasteiger partial charge in [0.1, 0.15) is 11.0 Å². The zero-order valence-corrected chi connectivity index (χ0v) is 15.2. The van der Waals surface area contributed by atoms with E-state index < -0.39 is 5.41 Å². The summed E-state index contributed by atoms with van der Waals surface area (Å²) in [5, 5.41) is 5.01. The Morgan fingerprint density at radius 1 is 1.42 bits per heavy atom. The first-order valence-electron chi connectivity index (χ1n) is 8.05. The third-order valence-electron chi connectivity index (χ3n) is 4.62. The molecule has 3 rings (SSSR count). The first kappa shape index (κ1) is 17.0. The fourth-order valence-electron chi connectivity index (χ4n) is 3.45. The lowest BCUT2D eigenvalue weighted by Crippen LogP contribution is -2.53. The van der Waals surface area contributed by atoms with E-state index in [4.69, 9.17) is 17.0 Å². The molecule has 1 N–H and O–H groups in total. The molecular weight excluding hydrogens is 340 g/mol. The number of carbonyl (C=O) groups is 1. The maximum atomic E-state index is 12.5. The Bertz CT molecular complexity index is 703. The van der Waals surface area contributed by atoms with Gasteiger partial charge in [0.25, 0.3) is 0 Å². The van der Waals surface area contributed by atoms with Gasteiger partial charge in [0.05, 0.1) is 10.4 Å². The zero-order valence-electron chi connectivity index (χ0n) is 13.5. The summed E-state index contributed by atoms with van der Waals surface area (Å²) in [5.41, 5.74) is 0.497. The molecule has 2 heterocycles. The van der Waals surface area contributed by atoms with Gasteiger partial charge in [-0.1, -0.05) is 30.8 Å². The average molecular weight is 361 g/mol. The molecule has 1 aliphatic carbocycles. The highest BCUT2D eigenvalue weighted by Gasteiger charge is 2.48. The Kier molecular flexibility index (Phi) is 5.26. The van der Waals surface area contributed by atoms with Crippen LogP contribution >= 0.6 is 23.6 Å². The summed E-state index contributed by atoms with van der Waals surface area (Å²) in [6, 6.07) is 7.57. The minimum atomic E-state index is -0.510. The molecule has 2 aromatic rings. The quantitative estimate of drug-likeness (QED) is 0.665. The number of likely N-dealkylation sites (N-methyl/N-ethyl adjacent to an activating group) is 1. The number of ether oxygens (including phenoxy) is 1. The van der Waals surface area contributed by atoms with Crippen molar-refractivity contribution in [3.63, 3.8) is 0 Å². The summed E-state index contributed by atoms with van der Waals surface area (Å²) in [5.74, 6) is -0.274. The Morgan fingerprint density at radius 2 is 2.29 bits per heavy atom. The van der Waals surface area contributed by atoms with E-state index in [0.29, 0.717) is 9.87 Å². The van der Waals surface area contributed by atoms with Crippen LogP contribution in [0.3, 0.4) is 0 Å². The van der Waals surface area contributed by atoms with Crippen molar-refractivity contribution in [3.05, 3.63) is 52.5 Å². The predicted octanol–water partition coefficient (Wildman–Crippen LogP) is 3.73. The maximum Gasteiger partial charge on any atom is 0.348 e. The largest absolute Gasteiger partial charge is 0.457 e. The number of rotatable bonds is 4. The lowest BCUT2D eigenvalue weighted by molar-refractivity contribution is 0.00482. The van der Waals surface area contributed by atoms with Gasteiger partial charge < -0.3 is 10.1 Å². The molecule has 0 bridgehead atoms. The SMILES string of the molecule is CNC(=S)C1(c2cccnc2)CCCCC1OC(=O)c1cccs1. The second-order valence-electron chi connectivity index (χ2n) is 5.91. The molecule has 0 amide bonds. The van der Waals surface area contributed by atoms with E-state index in [1.807, 2.05) is 36.8 Å². The van der Waals surface area contributed by atoms with Crippen molar-refractivity contribution in [1.82, 2.24) is 10.3 Å². The fraction of sp³-hybridized carbons (Fsp3) is 0.389. The first-order chi connectivity index (χ1) is 11.7. The lowest BCUT2D eigenvalue weighted by Gasteiger charge is -2.43. The van der Waals surface area contributed by atoms with Gasteiger partial charge in [-0.15, -0.1) is 11.3 Å². The van der Waals surface area contributed by atoms with Crippen LogP contribution in [0.4, 0.5) is 0 Å². The van der Waals surface area contributed by atoms with Gasteiger partial charge in [0.2, 0.25) is 0 Å². The fourth-order valence-corrected chi connectivity index (χ4v) is 4.41. The molecule has 1 aliphatic rings. The number of esters is 1. The summed E-state index contributed by atoms with van der Waals surface area (Å²) >= 11 is 7.07. The Labute approximate surface area is 151 Å². The van der Waals surface area contributed by atoms with Crippen molar-refractivity contribution in [2.24, 2.45) is 0 Å². The molecule has 2 unspecified atom stereocenters. The number of thiophene rings is 1. The number of pyridine rings is 1. The molecule has 6 heteroatoms. The van der Waals surface area contributed by atoms with Gasteiger partial charge in [-0.25, -0.2) is 4.79 Å². The van der Waals surface area contributed by atoms with Crippen LogP contribution in [0.1, 0.15) is 40.9 Å². The van der Waals surface area contributed by atoms with E-state index in [-0.39, 0.29) is 12.1 Å². The number of hydrogen-bond acceptors (Lipinski definition) is 5. The van der Waals surface area contributed by atoms with Crippen LogP contribution in [0, 0.1) is 0 Å². The van der Waals surface area contributed by atoms with Crippen molar-refractivity contribution in [1.29, 1.82) is 0 Å². The molecule has 0 aliphatic heterocycles. The molecule has 1 saturated carbocycles. The Balaban J connectivity index is 1.97. The van der Waals surface area contributed by atoms with Gasteiger partial charge in [-0.3, -0.25) is 4.98 Å². The minimum Gasteiger partial charge on any atom is -0.457 e. The van der Waals surface area contributed by atoms with Crippen LogP contribution in [0.25, 0.3) is 0 Å². The summed E-state index contributed by atoms with van der Waals surface area (Å²) in [6.07, 6.45) is 7.01. The Morgan fingerprint density at radius 3 is 2.96 bits per heavy atom. The highest BCUT2D eigenvalue weighted by Crippen LogP contribution is 2.42. The van der Waals surface area contributed by atoms with Crippen LogP contribution in [0.15, 0.2) is 42.0 Å². The number of aromatic nitrogens is 1. The summed E-state index contributed by atoms with van der Waals surface area (Å²) in [6.45, 7) is 0. The molecular formula is C18H20N2O2S2. The highest BCUT2D eigenvalue weighted by molar-refractivity contribution is 7.80. The molecule has 0 aromatic carbocycles. The molecule has 2 atom stereocenters. The number of nitrogens with zero attached hydrogens (tertiary/aromatic N) is 1. The van der Waals surface area contributed by atoms with Gasteiger partial charge >= 0.3 is 5.97 Å². The number of carbonyl (C=O) groups excluding carboxylic acids is 1. The van der Waals surface area contributed by atoms with Crippen molar-refractivity contribution in [2.75, 3.05) is 7.05 Å². The monoisotopic (exact) mass is 360 g/mol. The van der Waals surface area contributed by atoms with Crippen LogP contribution in [0.2, 0.25) is 0 Å². The number of hydrogen-bond donors (Lipinski definition) is 1. The Hall–Kier alpha value is -1.79. The van der Waals surface area contributed by atoms with E-state index in [1.165, 1.54) is 11.3 Å². The van der Waals surface area contributed by atoms with Crippen molar-refractivity contribution < 1.29 is 9.53 Å². The maximum absolute atomic E-state index is 12.5. The summed E-state index contributed by atoms with van der Waals surface area (Å²) in [4.78, 5) is 18.1. The lowest BCUT2D eigenvalue weighted by atomic mass is 9.67. The molecule has 24 heavy (non-hydrogen) atoms. The standard InChI is InChI=1S/C18H20N2O2S2/c1-19-17(23)18(13-6-4-10-20-12-13)9-3-2-8-15(18)22-16(21)14-7-5-11-24-14/h4-7,10-12,15H,2-3,8-9H2,1H3,(H,19,23). The van der Waals surface area contributed by atoms with Gasteiger partial charge in [0.15, 0.2) is 0 Å². The van der Waals surface area contributed by atoms with E-state index in [1.54, 1.807) is 12.3 Å². The molecule has 2 aromatic heterocycles. The van der Waals surface area contributed by atoms with Gasteiger partial charge in [-0.2, -0.15) is 0 Å². The second kappa shape index (κ2) is 7.40. The van der Waals surface area contributed by atoms with Crippen LogP contribution in [-0.4, -0.2) is 29.1 Å². The number of thiocarbonyl (C=S) groups is 1. The second-order valence-corrected chi connectivity index (χ2v) is 7.27. The molecule has 1 fully saturated rings. The minimum absolute atomic E-state index is 0.274. The van der Waals surface area contributed by atoms with Crippen molar-refractivity contribution in [3.8, 4) is 0 Å². The number of nitrogens with one attached hydrogen (secondary N) is 1. The van der Waals surface area contributed by atoms with Crippen molar-refractivity contribution in [2.45, 2.75) is 37.2 Å². The van der Waals surface area contributed by atoms with Crippen molar-refractivity contribution >= 4 is 34.5 Å². The average Bonchev–Trinajstić information content (AvgIpc) is 3.17. The molecule has 4 nitrogen and oxygen atoms in total. The van der Waals surface area contributed by atoms with E-state index in [9.17, 15) is 4.79 Å². The van der Waals surface area contributed by atoms with E-state index >= 15 is 0 Å². The topological polar surface area (TPSA) is 51.2 Å². The third-order valence-corrected chi connectivity index (χ3v) is 6.04. The zero-order chi connectivity index (χ0) is 17.0. The smallest absolute Gasteiger partial charge is 0.348 e. The predicted molar refractivity (Wildman–Crippen MR) is 99.6 cm³/mol. The highest BCUT2D eigenvalue weighted by atomic mass is 32.1. The third kappa shape index (κ3) is 3.08. The van der Waals surface area contributed by atoms with Crippen LogP contribution < -0.4 is 5.32 Å².